The molecule has 1 saturated heterocycles. The van der Waals surface area contributed by atoms with Gasteiger partial charge in [-0.15, -0.1) is 0 Å². The second kappa shape index (κ2) is 5.96. The number of rotatable bonds is 3. The van der Waals surface area contributed by atoms with Crippen LogP contribution in [0.15, 0.2) is 12.4 Å². The van der Waals surface area contributed by atoms with Crippen molar-refractivity contribution >= 4 is 29.4 Å². The van der Waals surface area contributed by atoms with E-state index in [0.29, 0.717) is 24.5 Å². The Morgan fingerprint density at radius 1 is 1.63 bits per heavy atom. The molecule has 0 aliphatic carbocycles. The van der Waals surface area contributed by atoms with Crippen LogP contribution >= 0.6 is 11.8 Å². The fraction of sp³-hybridized carbons (Fsp3) is 0.545. The first-order chi connectivity index (χ1) is 9.11. The number of carbonyl (C=O) groups excluding carboxylic acids is 1. The molecule has 0 saturated carbocycles. The van der Waals surface area contributed by atoms with E-state index in [1.165, 1.54) is 4.90 Å². The third kappa shape index (κ3) is 3.19. The molecule has 104 valence electrons. The molecule has 1 unspecified atom stereocenters. The first kappa shape index (κ1) is 13.7. The fourth-order valence-electron chi connectivity index (χ4n) is 1.85. The maximum atomic E-state index is 12.1. The molecule has 0 radical (unpaired) electrons. The van der Waals surface area contributed by atoms with E-state index in [1.807, 2.05) is 6.92 Å². The van der Waals surface area contributed by atoms with Crippen LogP contribution in [-0.2, 0) is 11.3 Å². The van der Waals surface area contributed by atoms with Gasteiger partial charge in [0.15, 0.2) is 0 Å². The van der Waals surface area contributed by atoms with Crippen LogP contribution in [0.5, 0.6) is 0 Å². The molecule has 2 amide bonds. The highest BCUT2D eigenvalue weighted by molar-refractivity contribution is 7.99. The van der Waals surface area contributed by atoms with E-state index in [1.54, 1.807) is 28.8 Å². The summed E-state index contributed by atoms with van der Waals surface area (Å²) in [4.78, 5) is 24.6. The number of hydrogen-bond donors (Lipinski definition) is 2. The molecule has 1 atom stereocenters. The summed E-state index contributed by atoms with van der Waals surface area (Å²) in [6.45, 7) is 3.10. The molecule has 1 aliphatic heterocycles. The van der Waals surface area contributed by atoms with E-state index in [9.17, 15) is 9.59 Å². The van der Waals surface area contributed by atoms with Gasteiger partial charge in [-0.3, -0.25) is 4.68 Å². The van der Waals surface area contributed by atoms with Gasteiger partial charge in [0.25, 0.3) is 0 Å². The Morgan fingerprint density at radius 2 is 2.42 bits per heavy atom. The summed E-state index contributed by atoms with van der Waals surface area (Å²) < 4.78 is 1.69. The Morgan fingerprint density at radius 3 is 3.05 bits per heavy atom. The van der Waals surface area contributed by atoms with Gasteiger partial charge in [-0.25, -0.2) is 9.59 Å². The van der Waals surface area contributed by atoms with Gasteiger partial charge >= 0.3 is 12.0 Å². The van der Waals surface area contributed by atoms with Crippen molar-refractivity contribution in [1.82, 2.24) is 14.7 Å². The van der Waals surface area contributed by atoms with Gasteiger partial charge in [-0.05, 0) is 6.92 Å². The molecular weight excluding hydrogens is 268 g/mol. The second-order valence-electron chi connectivity index (χ2n) is 4.14. The minimum absolute atomic E-state index is 0.386. The topological polar surface area (TPSA) is 87.5 Å². The lowest BCUT2D eigenvalue weighted by Gasteiger charge is -2.32. The number of urea groups is 1. The van der Waals surface area contributed by atoms with Crippen molar-refractivity contribution in [2.75, 3.05) is 23.4 Å². The van der Waals surface area contributed by atoms with E-state index in [2.05, 4.69) is 10.4 Å². The van der Waals surface area contributed by atoms with Crippen molar-refractivity contribution in [2.45, 2.75) is 19.5 Å². The zero-order valence-corrected chi connectivity index (χ0v) is 11.4. The monoisotopic (exact) mass is 284 g/mol. The van der Waals surface area contributed by atoms with E-state index in [-0.39, 0.29) is 6.03 Å². The molecule has 8 heteroatoms. The molecule has 1 aliphatic rings. The number of carboxylic acids is 1. The maximum Gasteiger partial charge on any atom is 0.327 e. The van der Waals surface area contributed by atoms with Crippen molar-refractivity contribution in [3.63, 3.8) is 0 Å². The number of nitrogens with one attached hydrogen (secondary N) is 1. The lowest BCUT2D eigenvalue weighted by atomic mass is 10.3. The normalized spacial score (nSPS) is 19.2. The number of thioether (sulfide) groups is 1. The Kier molecular flexibility index (Phi) is 4.31. The predicted octanol–water partition coefficient (Wildman–Crippen LogP) is 0.937. The van der Waals surface area contributed by atoms with Crippen LogP contribution < -0.4 is 5.32 Å². The van der Waals surface area contributed by atoms with Crippen molar-refractivity contribution in [1.29, 1.82) is 0 Å². The van der Waals surface area contributed by atoms with Crippen molar-refractivity contribution < 1.29 is 14.7 Å². The van der Waals surface area contributed by atoms with Crippen LogP contribution in [0.25, 0.3) is 0 Å². The molecule has 0 aromatic carbocycles. The Hall–Kier alpha value is -1.70. The number of hydrogen-bond acceptors (Lipinski definition) is 4. The fourth-order valence-corrected chi connectivity index (χ4v) is 2.89. The third-order valence-corrected chi connectivity index (χ3v) is 3.91. The lowest BCUT2D eigenvalue weighted by Crippen LogP contribution is -2.51. The molecule has 1 fully saturated rings. The van der Waals surface area contributed by atoms with E-state index in [4.69, 9.17) is 5.11 Å². The highest BCUT2D eigenvalue weighted by Gasteiger charge is 2.32. The van der Waals surface area contributed by atoms with Crippen molar-refractivity contribution in [3.05, 3.63) is 12.4 Å². The average molecular weight is 284 g/mol. The Balaban J connectivity index is 2.03. The summed E-state index contributed by atoms with van der Waals surface area (Å²) >= 11 is 1.55. The van der Waals surface area contributed by atoms with Crippen molar-refractivity contribution in [3.8, 4) is 0 Å². The molecular formula is C11H16N4O3S. The first-order valence-corrected chi connectivity index (χ1v) is 7.18. The molecule has 7 nitrogen and oxygen atoms in total. The third-order valence-electron chi connectivity index (χ3n) is 2.88. The predicted molar refractivity (Wildman–Crippen MR) is 72.4 cm³/mol. The maximum absolute atomic E-state index is 12.1. The molecule has 1 aromatic rings. The summed E-state index contributed by atoms with van der Waals surface area (Å²) in [5, 5.41) is 15.8. The quantitative estimate of drug-likeness (QED) is 0.862. The SMILES string of the molecule is CCn1cc(NC(=O)N2CCSCC2C(=O)O)cn1. The molecule has 1 aromatic heterocycles. The largest absolute Gasteiger partial charge is 0.480 e. The average Bonchev–Trinajstić information content (AvgIpc) is 2.86. The zero-order valence-electron chi connectivity index (χ0n) is 10.6. The number of nitrogens with zero attached hydrogens (tertiary/aromatic N) is 3. The van der Waals surface area contributed by atoms with Crippen LogP contribution in [0.4, 0.5) is 10.5 Å². The van der Waals surface area contributed by atoms with E-state index in [0.717, 1.165) is 5.75 Å². The highest BCUT2D eigenvalue weighted by atomic mass is 32.2. The zero-order chi connectivity index (χ0) is 13.8. The summed E-state index contributed by atoms with van der Waals surface area (Å²) in [5.41, 5.74) is 0.578. The number of carbonyl (C=O) groups is 2. The number of aryl methyl sites for hydroxylation is 1. The first-order valence-electron chi connectivity index (χ1n) is 6.02. The van der Waals surface area contributed by atoms with Gasteiger partial charge in [-0.1, -0.05) is 0 Å². The van der Waals surface area contributed by atoms with Gasteiger partial charge in [0.05, 0.1) is 11.9 Å². The molecule has 2 rings (SSSR count). The lowest BCUT2D eigenvalue weighted by molar-refractivity contribution is -0.141. The van der Waals surface area contributed by atoms with Gasteiger partial charge in [-0.2, -0.15) is 16.9 Å². The van der Waals surface area contributed by atoms with E-state index < -0.39 is 12.0 Å². The molecule has 2 heterocycles. The van der Waals surface area contributed by atoms with Crippen molar-refractivity contribution in [2.24, 2.45) is 0 Å². The number of amides is 2. The van der Waals surface area contributed by atoms with E-state index >= 15 is 0 Å². The minimum Gasteiger partial charge on any atom is -0.480 e. The van der Waals surface area contributed by atoms with Crippen LogP contribution in [0, 0.1) is 0 Å². The van der Waals surface area contributed by atoms with Crippen LogP contribution in [0.2, 0.25) is 0 Å². The Labute approximate surface area is 115 Å². The van der Waals surface area contributed by atoms with Gasteiger partial charge in [0, 0.05) is 30.8 Å². The molecule has 2 N–H and O–H groups in total. The van der Waals surface area contributed by atoms with Crippen LogP contribution in [-0.4, -0.2) is 55.9 Å². The van der Waals surface area contributed by atoms with Gasteiger partial charge < -0.3 is 15.3 Å². The molecule has 0 bridgehead atoms. The summed E-state index contributed by atoms with van der Waals surface area (Å²) in [5.74, 6) is 0.217. The second-order valence-corrected chi connectivity index (χ2v) is 5.29. The highest BCUT2D eigenvalue weighted by Crippen LogP contribution is 2.18. The van der Waals surface area contributed by atoms with Crippen LogP contribution in [0.3, 0.4) is 0 Å². The molecule has 19 heavy (non-hydrogen) atoms. The minimum atomic E-state index is -0.966. The molecule has 0 spiro atoms. The number of aromatic nitrogens is 2. The number of anilines is 1. The Bertz CT molecular complexity index is 476. The summed E-state index contributed by atoms with van der Waals surface area (Å²) in [6.07, 6.45) is 3.27. The summed E-state index contributed by atoms with van der Waals surface area (Å²) in [6, 6.07) is -1.15. The van der Waals surface area contributed by atoms with Crippen LogP contribution in [0.1, 0.15) is 6.92 Å². The van der Waals surface area contributed by atoms with Gasteiger partial charge in [0.2, 0.25) is 0 Å². The number of aliphatic carboxylic acids is 1. The smallest absolute Gasteiger partial charge is 0.327 e. The van der Waals surface area contributed by atoms with Gasteiger partial charge in [0.1, 0.15) is 6.04 Å². The summed E-state index contributed by atoms with van der Waals surface area (Å²) in [7, 11) is 0. The number of carboxylic acid groups (broad SMARTS) is 1. The standard InChI is InChI=1S/C11H16N4O3S/c1-2-14-6-8(5-12-14)13-11(18)15-3-4-19-7-9(15)10(16)17/h5-6,9H,2-4,7H2,1H3,(H,13,18)(H,16,17).